The molecule has 1 N–H and O–H groups in total. The Kier molecular flexibility index (Phi) is 3.34. The van der Waals surface area contributed by atoms with E-state index in [0.29, 0.717) is 10.5 Å². The van der Waals surface area contributed by atoms with Crippen LogP contribution in [0.3, 0.4) is 0 Å². The summed E-state index contributed by atoms with van der Waals surface area (Å²) in [6.45, 7) is 3.72. The van der Waals surface area contributed by atoms with Crippen molar-refractivity contribution in [3.63, 3.8) is 0 Å². The van der Waals surface area contributed by atoms with E-state index in [-0.39, 0.29) is 0 Å². The number of thiol groups is 1. The molecule has 3 rings (SSSR count). The number of carbonyl (C=O) groups excluding carboxylic acids is 1. The number of cyclic esters (lactones) is 1. The molecule has 1 aliphatic rings. The van der Waals surface area contributed by atoms with Crippen LogP contribution in [0.15, 0.2) is 41.3 Å². The molecule has 0 atom stereocenters. The number of carbonyl (C=O) groups is 1. The van der Waals surface area contributed by atoms with Gasteiger partial charge in [0.25, 0.3) is 0 Å². The maximum absolute atomic E-state index is 11.5. The van der Waals surface area contributed by atoms with Crippen molar-refractivity contribution in [2.75, 3.05) is 5.32 Å². The van der Waals surface area contributed by atoms with Crippen molar-refractivity contribution < 1.29 is 9.53 Å². The smallest absolute Gasteiger partial charge is 0.412 e. The third kappa shape index (κ3) is 2.42. The third-order valence-corrected chi connectivity index (χ3v) is 4.07. The largest absolute Gasteiger partial charge is 0.438 e. The van der Waals surface area contributed by atoms with Crippen LogP contribution in [0.2, 0.25) is 0 Å². The lowest BCUT2D eigenvalue weighted by Gasteiger charge is -2.32. The number of ether oxygens (including phenoxy) is 1. The zero-order valence-corrected chi connectivity index (χ0v) is 13.1. The molecule has 5 heteroatoms. The fourth-order valence-electron chi connectivity index (χ4n) is 2.56. The van der Waals surface area contributed by atoms with Gasteiger partial charge in [-0.05, 0) is 49.2 Å². The Bertz CT molecular complexity index is 822. The maximum atomic E-state index is 11.5. The van der Waals surface area contributed by atoms with Gasteiger partial charge in [-0.1, -0.05) is 12.1 Å². The van der Waals surface area contributed by atoms with Gasteiger partial charge in [-0.3, -0.25) is 5.32 Å². The SMILES string of the molecule is CC1(C)OC(=O)Nc2ccc(-c3ccc(C#N)c(S)c3)cc21. The second kappa shape index (κ2) is 5.08. The van der Waals surface area contributed by atoms with E-state index in [1.807, 2.05) is 44.2 Å². The first-order chi connectivity index (χ1) is 10.4. The van der Waals surface area contributed by atoms with Crippen LogP contribution in [0.1, 0.15) is 25.0 Å². The predicted molar refractivity (Wildman–Crippen MR) is 87.0 cm³/mol. The van der Waals surface area contributed by atoms with E-state index in [2.05, 4.69) is 24.0 Å². The molecule has 0 aromatic heterocycles. The molecule has 0 aliphatic carbocycles. The Morgan fingerprint density at radius 1 is 1.18 bits per heavy atom. The molecule has 0 unspecified atom stereocenters. The molecule has 0 spiro atoms. The molecular weight excluding hydrogens is 296 g/mol. The quantitative estimate of drug-likeness (QED) is 0.771. The van der Waals surface area contributed by atoms with Crippen molar-refractivity contribution >= 4 is 24.4 Å². The van der Waals surface area contributed by atoms with Gasteiger partial charge in [-0.15, -0.1) is 12.6 Å². The Hall–Kier alpha value is -2.45. The number of benzene rings is 2. The van der Waals surface area contributed by atoms with Gasteiger partial charge in [-0.2, -0.15) is 5.26 Å². The third-order valence-electron chi connectivity index (χ3n) is 3.70. The van der Waals surface area contributed by atoms with Crippen molar-refractivity contribution in [2.24, 2.45) is 0 Å². The van der Waals surface area contributed by atoms with Crippen molar-refractivity contribution in [2.45, 2.75) is 24.3 Å². The highest BCUT2D eigenvalue weighted by molar-refractivity contribution is 7.80. The summed E-state index contributed by atoms with van der Waals surface area (Å²) in [4.78, 5) is 12.2. The molecule has 2 aromatic carbocycles. The molecule has 110 valence electrons. The summed E-state index contributed by atoms with van der Waals surface area (Å²) in [6, 6.07) is 13.4. The van der Waals surface area contributed by atoms with E-state index in [4.69, 9.17) is 10.00 Å². The van der Waals surface area contributed by atoms with E-state index in [0.717, 1.165) is 22.4 Å². The maximum Gasteiger partial charge on any atom is 0.412 e. The van der Waals surface area contributed by atoms with Crippen LogP contribution in [0.25, 0.3) is 11.1 Å². The molecule has 0 fully saturated rings. The number of hydrogen-bond acceptors (Lipinski definition) is 4. The zero-order chi connectivity index (χ0) is 15.9. The average molecular weight is 310 g/mol. The summed E-state index contributed by atoms with van der Waals surface area (Å²) in [6.07, 6.45) is -0.443. The second-order valence-corrected chi connectivity index (χ2v) is 6.11. The van der Waals surface area contributed by atoms with E-state index >= 15 is 0 Å². The number of nitrogens with one attached hydrogen (secondary N) is 1. The zero-order valence-electron chi connectivity index (χ0n) is 12.2. The molecule has 22 heavy (non-hydrogen) atoms. The molecular formula is C17H14N2O2S. The minimum absolute atomic E-state index is 0.443. The summed E-state index contributed by atoms with van der Waals surface area (Å²) in [5.41, 5.74) is 3.45. The fourth-order valence-corrected chi connectivity index (χ4v) is 2.82. The number of nitriles is 1. The van der Waals surface area contributed by atoms with Crippen molar-refractivity contribution in [1.29, 1.82) is 5.26 Å². The number of hydrogen-bond donors (Lipinski definition) is 2. The topological polar surface area (TPSA) is 62.1 Å². The second-order valence-electron chi connectivity index (χ2n) is 5.63. The van der Waals surface area contributed by atoms with Crippen molar-refractivity contribution in [1.82, 2.24) is 0 Å². The monoisotopic (exact) mass is 310 g/mol. The normalized spacial score (nSPS) is 15.3. The van der Waals surface area contributed by atoms with Crippen LogP contribution in [0.5, 0.6) is 0 Å². The summed E-state index contributed by atoms with van der Waals surface area (Å²) >= 11 is 4.34. The van der Waals surface area contributed by atoms with Gasteiger partial charge >= 0.3 is 6.09 Å². The van der Waals surface area contributed by atoms with Gasteiger partial charge in [-0.25, -0.2) is 4.79 Å². The highest BCUT2D eigenvalue weighted by Gasteiger charge is 2.33. The lowest BCUT2D eigenvalue weighted by Crippen LogP contribution is -2.34. The molecule has 1 heterocycles. The number of anilines is 1. The van der Waals surface area contributed by atoms with E-state index in [1.165, 1.54) is 0 Å². The number of fused-ring (bicyclic) bond motifs is 1. The number of rotatable bonds is 1. The van der Waals surface area contributed by atoms with Crippen LogP contribution in [-0.4, -0.2) is 6.09 Å². The van der Waals surface area contributed by atoms with Gasteiger partial charge in [0.2, 0.25) is 0 Å². The van der Waals surface area contributed by atoms with Crippen molar-refractivity contribution in [3.05, 3.63) is 47.5 Å². The van der Waals surface area contributed by atoms with Crippen LogP contribution >= 0.6 is 12.6 Å². The minimum Gasteiger partial charge on any atom is -0.438 e. The summed E-state index contributed by atoms with van der Waals surface area (Å²) in [5.74, 6) is 0. The van der Waals surface area contributed by atoms with E-state index in [1.54, 1.807) is 6.07 Å². The highest BCUT2D eigenvalue weighted by Crippen LogP contribution is 2.38. The average Bonchev–Trinajstić information content (AvgIpc) is 2.46. The number of amides is 1. The minimum atomic E-state index is -0.690. The summed E-state index contributed by atoms with van der Waals surface area (Å²) < 4.78 is 5.34. The first-order valence-electron chi connectivity index (χ1n) is 6.79. The predicted octanol–water partition coefficient (Wildman–Crippen LogP) is 4.31. The molecule has 0 saturated carbocycles. The Morgan fingerprint density at radius 3 is 2.55 bits per heavy atom. The molecule has 4 nitrogen and oxygen atoms in total. The van der Waals surface area contributed by atoms with Crippen LogP contribution in [-0.2, 0) is 10.3 Å². The van der Waals surface area contributed by atoms with E-state index < -0.39 is 11.7 Å². The molecule has 2 aromatic rings. The lowest BCUT2D eigenvalue weighted by atomic mass is 9.91. The van der Waals surface area contributed by atoms with Gasteiger partial charge in [0.05, 0.1) is 11.3 Å². The summed E-state index contributed by atoms with van der Waals surface area (Å²) in [5, 5.41) is 11.7. The van der Waals surface area contributed by atoms with Crippen LogP contribution in [0, 0.1) is 11.3 Å². The van der Waals surface area contributed by atoms with Crippen LogP contribution < -0.4 is 5.32 Å². The lowest BCUT2D eigenvalue weighted by molar-refractivity contribution is 0.0421. The van der Waals surface area contributed by atoms with Gasteiger partial charge in [0, 0.05) is 10.5 Å². The van der Waals surface area contributed by atoms with Gasteiger partial charge in [0.1, 0.15) is 11.7 Å². The molecule has 1 aliphatic heterocycles. The standard InChI is InChI=1S/C17H14N2O2S/c1-17(2)13-7-10(5-6-14(13)19-16(20)21-17)11-3-4-12(9-18)15(22)8-11/h3-8,22H,1-2H3,(H,19,20). The first-order valence-corrected chi connectivity index (χ1v) is 7.23. The molecule has 0 radical (unpaired) electrons. The summed E-state index contributed by atoms with van der Waals surface area (Å²) in [7, 11) is 0. The fraction of sp³-hybridized carbons (Fsp3) is 0.176. The highest BCUT2D eigenvalue weighted by atomic mass is 32.1. The number of nitrogens with zero attached hydrogens (tertiary/aromatic N) is 1. The Morgan fingerprint density at radius 2 is 1.86 bits per heavy atom. The van der Waals surface area contributed by atoms with E-state index in [9.17, 15) is 4.79 Å². The Balaban J connectivity index is 2.10. The molecule has 1 amide bonds. The van der Waals surface area contributed by atoms with Crippen LogP contribution in [0.4, 0.5) is 10.5 Å². The van der Waals surface area contributed by atoms with Crippen molar-refractivity contribution in [3.8, 4) is 17.2 Å². The molecule has 0 saturated heterocycles. The molecule has 0 bridgehead atoms. The Labute approximate surface area is 134 Å². The van der Waals surface area contributed by atoms with Gasteiger partial charge in [0.15, 0.2) is 0 Å². The first kappa shape index (κ1) is 14.5. The van der Waals surface area contributed by atoms with Gasteiger partial charge < -0.3 is 4.74 Å².